The molecule has 2 heterocycles. The highest BCUT2D eigenvalue weighted by Gasteiger charge is 2.20. The Hall–Kier alpha value is -2.50. The van der Waals surface area contributed by atoms with Crippen LogP contribution >= 0.6 is 0 Å². The lowest BCUT2D eigenvalue weighted by Gasteiger charge is -2.22. The number of benzene rings is 1. The first-order chi connectivity index (χ1) is 9.79. The van der Waals surface area contributed by atoms with Gasteiger partial charge in [-0.15, -0.1) is 0 Å². The zero-order valence-electron chi connectivity index (χ0n) is 11.1. The lowest BCUT2D eigenvalue weighted by Crippen LogP contribution is -2.28. The molecule has 0 saturated heterocycles. The summed E-state index contributed by atoms with van der Waals surface area (Å²) in [6, 6.07) is 7.86. The second-order valence-electron chi connectivity index (χ2n) is 4.47. The van der Waals surface area contributed by atoms with Gasteiger partial charge in [0.25, 0.3) is 5.56 Å². The van der Waals surface area contributed by atoms with Crippen molar-refractivity contribution in [2.75, 3.05) is 25.2 Å². The molecule has 1 aliphatic rings. The second-order valence-corrected chi connectivity index (χ2v) is 4.47. The number of para-hydroxylation sites is 1. The van der Waals surface area contributed by atoms with Crippen LogP contribution in [0.25, 0.3) is 0 Å². The Balaban J connectivity index is 2.00. The molecule has 1 aromatic heterocycles. The van der Waals surface area contributed by atoms with Crippen molar-refractivity contribution in [3.8, 4) is 11.5 Å². The smallest absolute Gasteiger partial charge is 0.295 e. The summed E-state index contributed by atoms with van der Waals surface area (Å²) in [5.74, 6) is 1.64. The van der Waals surface area contributed by atoms with Gasteiger partial charge in [-0.2, -0.15) is 0 Å². The van der Waals surface area contributed by atoms with E-state index in [9.17, 15) is 4.79 Å². The van der Waals surface area contributed by atoms with Gasteiger partial charge in [0.05, 0.1) is 20.0 Å². The molecule has 0 radical (unpaired) electrons. The van der Waals surface area contributed by atoms with E-state index in [0.29, 0.717) is 25.5 Å². The number of ether oxygens (including phenoxy) is 2. The van der Waals surface area contributed by atoms with Crippen molar-refractivity contribution in [3.05, 3.63) is 46.5 Å². The number of methoxy groups -OCH3 is 1. The first-order valence-electron chi connectivity index (χ1n) is 6.37. The number of rotatable bonds is 2. The van der Waals surface area contributed by atoms with Crippen LogP contribution in [0.15, 0.2) is 35.4 Å². The van der Waals surface area contributed by atoms with E-state index in [-0.39, 0.29) is 11.3 Å². The Morgan fingerprint density at radius 3 is 3.10 bits per heavy atom. The van der Waals surface area contributed by atoms with Crippen LogP contribution in [0, 0.1) is 0 Å². The maximum Gasteiger partial charge on any atom is 0.295 e. The molecule has 1 N–H and O–H groups in total. The third kappa shape index (κ3) is 2.20. The summed E-state index contributed by atoms with van der Waals surface area (Å²) in [7, 11) is 1.47. The Morgan fingerprint density at radius 2 is 2.25 bits per heavy atom. The van der Waals surface area contributed by atoms with Crippen molar-refractivity contribution < 1.29 is 9.47 Å². The topological polar surface area (TPSA) is 67.5 Å². The molecule has 0 fully saturated rings. The van der Waals surface area contributed by atoms with Gasteiger partial charge in [-0.05, 0) is 6.07 Å². The van der Waals surface area contributed by atoms with Crippen LogP contribution < -0.4 is 19.9 Å². The van der Waals surface area contributed by atoms with Crippen molar-refractivity contribution in [1.29, 1.82) is 0 Å². The molecule has 1 aliphatic heterocycles. The Morgan fingerprint density at radius 1 is 1.40 bits per heavy atom. The number of nitrogens with zero attached hydrogens (tertiary/aromatic N) is 2. The average molecular weight is 273 g/mol. The predicted octanol–water partition coefficient (Wildman–Crippen LogP) is 1.18. The molecule has 6 nitrogen and oxygen atoms in total. The van der Waals surface area contributed by atoms with E-state index in [2.05, 4.69) is 9.97 Å². The van der Waals surface area contributed by atoms with Crippen molar-refractivity contribution in [2.24, 2.45) is 0 Å². The van der Waals surface area contributed by atoms with Crippen molar-refractivity contribution in [2.45, 2.75) is 6.54 Å². The van der Waals surface area contributed by atoms with Gasteiger partial charge in [0, 0.05) is 12.1 Å². The molecular formula is C14H15N3O3. The van der Waals surface area contributed by atoms with E-state index in [0.717, 1.165) is 11.3 Å². The van der Waals surface area contributed by atoms with Crippen molar-refractivity contribution in [1.82, 2.24) is 9.97 Å². The molecular weight excluding hydrogens is 258 g/mol. The Bertz CT molecular complexity index is 669. The standard InChI is InChI=1S/C14H15N3O3/c1-19-12-13(15-9-16-14(12)18)17-6-7-20-11-5-3-2-4-10(11)8-17/h2-5,9H,6-8H2,1H3,(H,15,16,18). The molecule has 0 bridgehead atoms. The highest BCUT2D eigenvalue weighted by molar-refractivity contribution is 5.52. The summed E-state index contributed by atoms with van der Waals surface area (Å²) >= 11 is 0. The van der Waals surface area contributed by atoms with E-state index in [1.165, 1.54) is 13.4 Å². The summed E-state index contributed by atoms with van der Waals surface area (Å²) in [6.07, 6.45) is 1.39. The van der Waals surface area contributed by atoms with Gasteiger partial charge < -0.3 is 19.4 Å². The molecule has 0 spiro atoms. The minimum Gasteiger partial charge on any atom is -0.491 e. The molecule has 2 aromatic rings. The summed E-state index contributed by atoms with van der Waals surface area (Å²) in [5, 5.41) is 0. The van der Waals surface area contributed by atoms with Crippen LogP contribution in [-0.2, 0) is 6.54 Å². The number of H-pyrrole nitrogens is 1. The molecule has 0 atom stereocenters. The number of hydrogen-bond acceptors (Lipinski definition) is 5. The molecule has 3 rings (SSSR count). The number of anilines is 1. The molecule has 6 heteroatoms. The molecule has 104 valence electrons. The minimum atomic E-state index is -0.282. The van der Waals surface area contributed by atoms with E-state index in [1.54, 1.807) is 0 Å². The lowest BCUT2D eigenvalue weighted by atomic mass is 10.2. The van der Waals surface area contributed by atoms with Gasteiger partial charge in [0.15, 0.2) is 5.82 Å². The predicted molar refractivity (Wildman–Crippen MR) is 74.4 cm³/mol. The largest absolute Gasteiger partial charge is 0.491 e. The first-order valence-corrected chi connectivity index (χ1v) is 6.37. The molecule has 1 aromatic carbocycles. The maximum atomic E-state index is 11.8. The Labute approximate surface area is 116 Å². The number of hydrogen-bond donors (Lipinski definition) is 1. The fourth-order valence-corrected chi connectivity index (χ4v) is 2.29. The summed E-state index contributed by atoms with van der Waals surface area (Å²) in [6.45, 7) is 1.80. The normalized spacial score (nSPS) is 14.2. The highest BCUT2D eigenvalue weighted by Crippen LogP contribution is 2.28. The molecule has 0 unspecified atom stereocenters. The van der Waals surface area contributed by atoms with Gasteiger partial charge in [-0.3, -0.25) is 4.79 Å². The molecule has 0 saturated carbocycles. The molecule has 20 heavy (non-hydrogen) atoms. The number of aromatic amines is 1. The van der Waals surface area contributed by atoms with Gasteiger partial charge in [0.2, 0.25) is 5.75 Å². The van der Waals surface area contributed by atoms with E-state index >= 15 is 0 Å². The number of aromatic nitrogens is 2. The van der Waals surface area contributed by atoms with Crippen LogP contribution in [0.2, 0.25) is 0 Å². The summed E-state index contributed by atoms with van der Waals surface area (Å²) in [5.41, 5.74) is 0.782. The third-order valence-corrected chi connectivity index (χ3v) is 3.25. The van der Waals surface area contributed by atoms with Gasteiger partial charge in [-0.1, -0.05) is 18.2 Å². The Kier molecular flexibility index (Phi) is 3.28. The van der Waals surface area contributed by atoms with E-state index in [1.807, 2.05) is 29.2 Å². The fourth-order valence-electron chi connectivity index (χ4n) is 2.29. The average Bonchev–Trinajstić information content (AvgIpc) is 2.69. The lowest BCUT2D eigenvalue weighted by molar-refractivity contribution is 0.330. The van der Waals surface area contributed by atoms with Crippen LogP contribution in [0.4, 0.5) is 5.82 Å². The van der Waals surface area contributed by atoms with Crippen LogP contribution in [-0.4, -0.2) is 30.2 Å². The number of nitrogens with one attached hydrogen (secondary N) is 1. The minimum absolute atomic E-state index is 0.229. The van der Waals surface area contributed by atoms with Crippen LogP contribution in [0.5, 0.6) is 11.5 Å². The zero-order chi connectivity index (χ0) is 13.9. The highest BCUT2D eigenvalue weighted by atomic mass is 16.5. The van der Waals surface area contributed by atoms with Crippen LogP contribution in [0.3, 0.4) is 0 Å². The van der Waals surface area contributed by atoms with Gasteiger partial charge in [-0.25, -0.2) is 4.98 Å². The SMILES string of the molecule is COc1c(N2CCOc3ccccc3C2)nc[nH]c1=O. The monoisotopic (exact) mass is 273 g/mol. The first kappa shape index (κ1) is 12.5. The molecule has 0 amide bonds. The van der Waals surface area contributed by atoms with Crippen LogP contribution in [0.1, 0.15) is 5.56 Å². The zero-order valence-corrected chi connectivity index (χ0v) is 11.1. The maximum absolute atomic E-state index is 11.8. The van der Waals surface area contributed by atoms with E-state index in [4.69, 9.17) is 9.47 Å². The van der Waals surface area contributed by atoms with Crippen molar-refractivity contribution in [3.63, 3.8) is 0 Å². The fraction of sp³-hybridized carbons (Fsp3) is 0.286. The second kappa shape index (κ2) is 5.24. The van der Waals surface area contributed by atoms with Gasteiger partial charge in [0.1, 0.15) is 12.4 Å². The van der Waals surface area contributed by atoms with Crippen molar-refractivity contribution >= 4 is 5.82 Å². The van der Waals surface area contributed by atoms with Gasteiger partial charge >= 0.3 is 0 Å². The molecule has 0 aliphatic carbocycles. The van der Waals surface area contributed by atoms with E-state index < -0.39 is 0 Å². The summed E-state index contributed by atoms with van der Waals surface area (Å²) in [4.78, 5) is 20.5. The quantitative estimate of drug-likeness (QED) is 0.890. The summed E-state index contributed by atoms with van der Waals surface area (Å²) < 4.78 is 10.9. The third-order valence-electron chi connectivity index (χ3n) is 3.25. The number of fused-ring (bicyclic) bond motifs is 1.